The van der Waals surface area contributed by atoms with E-state index in [1.165, 1.54) is 12.8 Å². The van der Waals surface area contributed by atoms with Gasteiger partial charge in [0.25, 0.3) is 0 Å². The minimum atomic E-state index is -0.000391. The van der Waals surface area contributed by atoms with Crippen LogP contribution < -0.4 is 10.1 Å². The number of para-hydroxylation sites is 1. The van der Waals surface area contributed by atoms with Crippen molar-refractivity contribution in [3.63, 3.8) is 0 Å². The lowest BCUT2D eigenvalue weighted by Crippen LogP contribution is -2.50. The molecule has 1 amide bonds. The molecule has 1 saturated carbocycles. The number of nitrogens with one attached hydrogen (secondary N) is 1. The predicted molar refractivity (Wildman–Crippen MR) is 88.5 cm³/mol. The second kappa shape index (κ2) is 7.79. The van der Waals surface area contributed by atoms with E-state index in [0.29, 0.717) is 6.54 Å². The van der Waals surface area contributed by atoms with Gasteiger partial charge in [0, 0.05) is 25.2 Å². The topological polar surface area (TPSA) is 50.8 Å². The van der Waals surface area contributed by atoms with Gasteiger partial charge in [0.15, 0.2) is 0 Å². The summed E-state index contributed by atoms with van der Waals surface area (Å²) < 4.78 is 11.3. The molecule has 0 spiro atoms. The lowest BCUT2D eigenvalue weighted by Gasteiger charge is -2.37. The van der Waals surface area contributed by atoms with Crippen LogP contribution in [0.4, 0.5) is 0 Å². The van der Waals surface area contributed by atoms with E-state index in [-0.39, 0.29) is 24.7 Å². The van der Waals surface area contributed by atoms with Crippen molar-refractivity contribution in [1.29, 1.82) is 0 Å². The maximum absolute atomic E-state index is 12.7. The molecule has 0 aromatic heterocycles. The Balaban J connectivity index is 1.69. The maximum Gasteiger partial charge on any atom is 0.249 e. The zero-order chi connectivity index (χ0) is 16.1. The Morgan fingerprint density at radius 2 is 2.09 bits per heavy atom. The number of methoxy groups -OCH3 is 1. The summed E-state index contributed by atoms with van der Waals surface area (Å²) in [4.78, 5) is 14.6. The monoisotopic (exact) mass is 318 g/mol. The van der Waals surface area contributed by atoms with Gasteiger partial charge in [-0.25, -0.2) is 0 Å². The molecule has 2 fully saturated rings. The third kappa shape index (κ3) is 3.85. The van der Waals surface area contributed by atoms with E-state index in [1.807, 2.05) is 29.2 Å². The molecular weight excluding hydrogens is 292 g/mol. The van der Waals surface area contributed by atoms with Crippen molar-refractivity contribution in [2.75, 3.05) is 33.4 Å². The van der Waals surface area contributed by atoms with Gasteiger partial charge in [0.1, 0.15) is 12.4 Å². The number of hydrogen-bond acceptors (Lipinski definition) is 4. The first-order valence-electron chi connectivity index (χ1n) is 8.54. The third-order valence-electron chi connectivity index (χ3n) is 4.81. The molecule has 2 aliphatic rings. The Hall–Kier alpha value is -1.59. The SMILES string of the molecule is COc1ccccc1C1CNCCN1C(=O)COC1CCCC1. The zero-order valence-electron chi connectivity index (χ0n) is 13.8. The number of nitrogens with zero attached hydrogens (tertiary/aromatic N) is 1. The molecule has 1 aromatic carbocycles. The van der Waals surface area contributed by atoms with E-state index < -0.39 is 0 Å². The smallest absolute Gasteiger partial charge is 0.249 e. The number of rotatable bonds is 5. The Morgan fingerprint density at radius 3 is 2.87 bits per heavy atom. The van der Waals surface area contributed by atoms with Crippen LogP contribution in [0.2, 0.25) is 0 Å². The summed E-state index contributed by atoms with van der Waals surface area (Å²) in [7, 11) is 1.67. The van der Waals surface area contributed by atoms with E-state index in [9.17, 15) is 4.79 Å². The molecule has 1 N–H and O–H groups in total. The number of piperazine rings is 1. The molecule has 23 heavy (non-hydrogen) atoms. The van der Waals surface area contributed by atoms with E-state index in [0.717, 1.165) is 37.2 Å². The summed E-state index contributed by atoms with van der Waals surface area (Å²) in [6.07, 6.45) is 4.88. The Morgan fingerprint density at radius 1 is 1.30 bits per heavy atom. The molecular formula is C18H26N2O3. The highest BCUT2D eigenvalue weighted by Gasteiger charge is 2.30. The van der Waals surface area contributed by atoms with Crippen LogP contribution in [0, 0.1) is 0 Å². The molecule has 1 saturated heterocycles. The summed E-state index contributed by atoms with van der Waals surface area (Å²) in [6.45, 7) is 2.46. The molecule has 1 aromatic rings. The van der Waals surface area contributed by atoms with E-state index >= 15 is 0 Å². The molecule has 0 radical (unpaired) electrons. The fourth-order valence-corrected chi connectivity index (χ4v) is 3.55. The van der Waals surface area contributed by atoms with Crippen molar-refractivity contribution >= 4 is 5.91 Å². The van der Waals surface area contributed by atoms with Gasteiger partial charge in [-0.2, -0.15) is 0 Å². The highest BCUT2D eigenvalue weighted by Crippen LogP contribution is 2.30. The van der Waals surface area contributed by atoms with Crippen LogP contribution in [0.15, 0.2) is 24.3 Å². The number of hydrogen-bond donors (Lipinski definition) is 1. The van der Waals surface area contributed by atoms with E-state index in [4.69, 9.17) is 9.47 Å². The normalized spacial score (nSPS) is 22.3. The van der Waals surface area contributed by atoms with Gasteiger partial charge < -0.3 is 19.7 Å². The summed E-state index contributed by atoms with van der Waals surface area (Å²) >= 11 is 0. The Labute approximate surface area is 137 Å². The van der Waals surface area contributed by atoms with Crippen LogP contribution >= 0.6 is 0 Å². The van der Waals surface area contributed by atoms with Gasteiger partial charge in [0.2, 0.25) is 5.91 Å². The third-order valence-corrected chi connectivity index (χ3v) is 4.81. The standard InChI is InChI=1S/C18H26N2O3/c1-22-17-9-5-4-8-15(17)16-12-19-10-11-20(16)18(21)13-23-14-6-2-3-7-14/h4-5,8-9,14,16,19H,2-3,6-7,10-13H2,1H3. The molecule has 3 rings (SSSR count). The van der Waals surface area contributed by atoms with E-state index in [2.05, 4.69) is 5.32 Å². The first-order chi connectivity index (χ1) is 11.3. The number of ether oxygens (including phenoxy) is 2. The minimum Gasteiger partial charge on any atom is -0.496 e. The molecule has 1 aliphatic carbocycles. The van der Waals surface area contributed by atoms with Gasteiger partial charge in [0.05, 0.1) is 19.3 Å². The molecule has 1 aliphatic heterocycles. The fourth-order valence-electron chi connectivity index (χ4n) is 3.55. The molecule has 5 heteroatoms. The predicted octanol–water partition coefficient (Wildman–Crippen LogP) is 2.13. The van der Waals surface area contributed by atoms with Crippen molar-refractivity contribution in [3.8, 4) is 5.75 Å². The first-order valence-corrected chi connectivity index (χ1v) is 8.54. The van der Waals surface area contributed by atoms with Gasteiger partial charge in [-0.3, -0.25) is 4.79 Å². The molecule has 126 valence electrons. The molecule has 1 unspecified atom stereocenters. The Kier molecular flexibility index (Phi) is 5.51. The van der Waals surface area contributed by atoms with Crippen molar-refractivity contribution in [3.05, 3.63) is 29.8 Å². The molecule has 1 atom stereocenters. The largest absolute Gasteiger partial charge is 0.496 e. The molecule has 5 nitrogen and oxygen atoms in total. The average Bonchev–Trinajstić information content (AvgIpc) is 3.13. The van der Waals surface area contributed by atoms with Crippen LogP contribution in [0.1, 0.15) is 37.3 Å². The number of carbonyl (C=O) groups excluding carboxylic acids is 1. The minimum absolute atomic E-state index is 0.000391. The second-order valence-electron chi connectivity index (χ2n) is 6.27. The number of amides is 1. The van der Waals surface area contributed by atoms with Crippen molar-refractivity contribution < 1.29 is 14.3 Å². The number of benzene rings is 1. The van der Waals surface area contributed by atoms with Gasteiger partial charge in [-0.05, 0) is 18.9 Å². The zero-order valence-corrected chi connectivity index (χ0v) is 13.8. The van der Waals surface area contributed by atoms with Crippen molar-refractivity contribution in [1.82, 2.24) is 10.2 Å². The van der Waals surface area contributed by atoms with Gasteiger partial charge in [-0.15, -0.1) is 0 Å². The number of carbonyl (C=O) groups is 1. The average molecular weight is 318 g/mol. The lowest BCUT2D eigenvalue weighted by atomic mass is 10.0. The maximum atomic E-state index is 12.7. The van der Waals surface area contributed by atoms with Gasteiger partial charge in [-0.1, -0.05) is 31.0 Å². The lowest BCUT2D eigenvalue weighted by molar-refractivity contribution is -0.141. The summed E-state index contributed by atoms with van der Waals surface area (Å²) in [5.41, 5.74) is 1.05. The first kappa shape index (κ1) is 16.3. The quantitative estimate of drug-likeness (QED) is 0.903. The van der Waals surface area contributed by atoms with Crippen molar-refractivity contribution in [2.45, 2.75) is 37.8 Å². The summed E-state index contributed by atoms with van der Waals surface area (Å²) in [5, 5.41) is 3.38. The molecule has 1 heterocycles. The van der Waals surface area contributed by atoms with Gasteiger partial charge >= 0.3 is 0 Å². The van der Waals surface area contributed by atoms with E-state index in [1.54, 1.807) is 7.11 Å². The highest BCUT2D eigenvalue weighted by atomic mass is 16.5. The Bertz CT molecular complexity index is 529. The van der Waals surface area contributed by atoms with Crippen LogP contribution in [0.5, 0.6) is 5.75 Å². The summed E-state index contributed by atoms with van der Waals surface area (Å²) in [5.74, 6) is 0.907. The van der Waals surface area contributed by atoms with Crippen LogP contribution in [-0.4, -0.2) is 50.3 Å². The highest BCUT2D eigenvalue weighted by molar-refractivity contribution is 5.78. The second-order valence-corrected chi connectivity index (χ2v) is 6.27. The fraction of sp³-hybridized carbons (Fsp3) is 0.611. The van der Waals surface area contributed by atoms with Crippen LogP contribution in [-0.2, 0) is 9.53 Å². The van der Waals surface area contributed by atoms with Crippen LogP contribution in [0.3, 0.4) is 0 Å². The van der Waals surface area contributed by atoms with Crippen LogP contribution in [0.25, 0.3) is 0 Å². The van der Waals surface area contributed by atoms with Crippen molar-refractivity contribution in [2.24, 2.45) is 0 Å². The molecule has 0 bridgehead atoms. The summed E-state index contributed by atoms with van der Waals surface area (Å²) in [6, 6.07) is 7.92.